The van der Waals surface area contributed by atoms with Gasteiger partial charge in [-0.2, -0.15) is 0 Å². The van der Waals surface area contributed by atoms with Crippen LogP contribution >= 0.6 is 0 Å². The van der Waals surface area contributed by atoms with E-state index in [4.69, 9.17) is 9.47 Å². The number of likely N-dealkylation sites (N-methyl/N-ethyl adjacent to an activating group) is 1. The van der Waals surface area contributed by atoms with Gasteiger partial charge in [-0.1, -0.05) is 50.2 Å². The lowest BCUT2D eigenvalue weighted by molar-refractivity contribution is -0.159. The molecule has 242 valence electrons. The lowest BCUT2D eigenvalue weighted by atomic mass is 9.98. The van der Waals surface area contributed by atoms with Crippen molar-refractivity contribution in [3.05, 3.63) is 65.2 Å². The minimum absolute atomic E-state index is 0.0258. The number of rotatable bonds is 11. The number of carbonyl (C=O) groups is 4. The molecule has 10 nitrogen and oxygen atoms in total. The highest BCUT2D eigenvalue weighted by Gasteiger charge is 2.37. The van der Waals surface area contributed by atoms with Gasteiger partial charge in [0.05, 0.1) is 0 Å². The molecule has 0 aliphatic heterocycles. The Hall–Kier alpha value is -4.08. The number of aromatic hydroxyl groups is 1. The first-order chi connectivity index (χ1) is 20.3. The molecular formula is C34H49N3O7. The summed E-state index contributed by atoms with van der Waals surface area (Å²) < 4.78 is 11.0. The lowest BCUT2D eigenvalue weighted by Crippen LogP contribution is -2.54. The van der Waals surface area contributed by atoms with Crippen molar-refractivity contribution in [3.63, 3.8) is 0 Å². The second kappa shape index (κ2) is 15.1. The molecule has 3 unspecified atom stereocenters. The molecule has 3 N–H and O–H groups in total. The van der Waals surface area contributed by atoms with Crippen LogP contribution in [-0.4, -0.2) is 64.2 Å². The van der Waals surface area contributed by atoms with E-state index in [0.717, 1.165) is 5.56 Å². The summed E-state index contributed by atoms with van der Waals surface area (Å²) in [7, 11) is 1.47. The predicted molar refractivity (Wildman–Crippen MR) is 169 cm³/mol. The zero-order valence-corrected chi connectivity index (χ0v) is 27.7. The second-order valence-corrected chi connectivity index (χ2v) is 13.5. The average Bonchev–Trinajstić information content (AvgIpc) is 2.87. The molecule has 0 bridgehead atoms. The van der Waals surface area contributed by atoms with Crippen LogP contribution in [0.2, 0.25) is 0 Å². The SMILES string of the molecule is Cc1cc(C(C(=O)NC(Cc2ccccc2)C(=O)OC(C)(C)C)N(C)C(=O)C(CC(C)C)NC(=O)OC(C)(C)C)ccc1O. The molecule has 0 aromatic heterocycles. The van der Waals surface area contributed by atoms with Crippen LogP contribution in [0.1, 0.15) is 84.5 Å². The van der Waals surface area contributed by atoms with Crippen LogP contribution in [0.15, 0.2) is 48.5 Å². The number of carbonyl (C=O) groups excluding carboxylic acids is 4. The molecule has 0 radical (unpaired) electrons. The maximum Gasteiger partial charge on any atom is 0.408 e. The first kappa shape index (κ1) is 36.1. The normalized spacial score (nSPS) is 13.8. The van der Waals surface area contributed by atoms with Crippen molar-refractivity contribution >= 4 is 23.9 Å². The van der Waals surface area contributed by atoms with E-state index in [-0.39, 0.29) is 18.1 Å². The Bertz CT molecular complexity index is 1300. The van der Waals surface area contributed by atoms with Crippen LogP contribution in [0.5, 0.6) is 5.75 Å². The van der Waals surface area contributed by atoms with Gasteiger partial charge in [-0.15, -0.1) is 0 Å². The van der Waals surface area contributed by atoms with Crippen LogP contribution in [0.4, 0.5) is 4.79 Å². The fraction of sp³-hybridized carbons (Fsp3) is 0.529. The first-order valence-electron chi connectivity index (χ1n) is 14.9. The van der Waals surface area contributed by atoms with Gasteiger partial charge in [-0.05, 0) is 89.6 Å². The molecular weight excluding hydrogens is 562 g/mol. The maximum atomic E-state index is 14.1. The standard InChI is InChI=1S/C34H49N3O7/c1-21(2)18-25(36-32(42)44-34(7,8)9)30(40)37(10)28(24-16-17-27(38)22(3)19-24)29(39)35-26(31(41)43-33(4,5)6)20-23-14-12-11-13-15-23/h11-17,19,21,25-26,28,38H,18,20H2,1-10H3,(H,35,39)(H,36,42). The van der Waals surface area contributed by atoms with Gasteiger partial charge >= 0.3 is 12.1 Å². The summed E-state index contributed by atoms with van der Waals surface area (Å²) in [6.45, 7) is 15.9. The molecule has 0 spiro atoms. The number of hydrogen-bond donors (Lipinski definition) is 3. The number of nitrogens with one attached hydrogen (secondary N) is 2. The van der Waals surface area contributed by atoms with Gasteiger partial charge in [0.2, 0.25) is 11.8 Å². The van der Waals surface area contributed by atoms with E-state index < -0.39 is 53.2 Å². The van der Waals surface area contributed by atoms with E-state index in [9.17, 15) is 24.3 Å². The number of phenolic OH excluding ortho intramolecular Hbond substituents is 1. The van der Waals surface area contributed by atoms with E-state index in [1.807, 2.05) is 44.2 Å². The van der Waals surface area contributed by atoms with Gasteiger partial charge in [0.1, 0.15) is 35.1 Å². The number of phenols is 1. The molecule has 44 heavy (non-hydrogen) atoms. The van der Waals surface area contributed by atoms with Crippen molar-refractivity contribution in [1.82, 2.24) is 15.5 Å². The Morgan fingerprint density at radius 1 is 0.864 bits per heavy atom. The number of alkyl carbamates (subject to hydrolysis) is 1. The first-order valence-corrected chi connectivity index (χ1v) is 14.9. The molecule has 0 saturated heterocycles. The molecule has 0 saturated carbocycles. The maximum absolute atomic E-state index is 14.1. The summed E-state index contributed by atoms with van der Waals surface area (Å²) in [5, 5.41) is 15.7. The summed E-state index contributed by atoms with van der Waals surface area (Å²) >= 11 is 0. The van der Waals surface area contributed by atoms with Crippen LogP contribution < -0.4 is 10.6 Å². The van der Waals surface area contributed by atoms with Crippen LogP contribution in [0.25, 0.3) is 0 Å². The van der Waals surface area contributed by atoms with Crippen molar-refractivity contribution in [3.8, 4) is 5.75 Å². The van der Waals surface area contributed by atoms with Crippen molar-refractivity contribution in [2.75, 3.05) is 7.05 Å². The number of benzene rings is 2. The quantitative estimate of drug-likeness (QED) is 0.297. The minimum Gasteiger partial charge on any atom is -0.508 e. The molecule has 0 aliphatic carbocycles. The third-order valence-electron chi connectivity index (χ3n) is 6.51. The van der Waals surface area contributed by atoms with Gasteiger partial charge in [0.15, 0.2) is 0 Å². The molecule has 2 rings (SSSR count). The summed E-state index contributed by atoms with van der Waals surface area (Å²) in [6, 6.07) is 10.6. The van der Waals surface area contributed by atoms with Crippen molar-refractivity contribution in [2.24, 2.45) is 5.92 Å². The van der Waals surface area contributed by atoms with E-state index in [0.29, 0.717) is 17.5 Å². The highest BCUT2D eigenvalue weighted by atomic mass is 16.6. The third-order valence-corrected chi connectivity index (χ3v) is 6.51. The molecule has 2 aromatic carbocycles. The Balaban J connectivity index is 2.51. The summed E-state index contributed by atoms with van der Waals surface area (Å²) in [6.07, 6.45) is -0.296. The summed E-state index contributed by atoms with van der Waals surface area (Å²) in [5.74, 6) is -1.71. The Morgan fingerprint density at radius 3 is 1.98 bits per heavy atom. The van der Waals surface area contributed by atoms with Crippen LogP contribution in [0, 0.1) is 12.8 Å². The van der Waals surface area contributed by atoms with Gasteiger partial charge in [0.25, 0.3) is 0 Å². The average molecular weight is 612 g/mol. The monoisotopic (exact) mass is 611 g/mol. The van der Waals surface area contributed by atoms with Gasteiger partial charge in [-0.25, -0.2) is 9.59 Å². The third kappa shape index (κ3) is 11.5. The Kier molecular flexibility index (Phi) is 12.4. The highest BCUT2D eigenvalue weighted by molar-refractivity contribution is 5.94. The zero-order valence-electron chi connectivity index (χ0n) is 27.7. The minimum atomic E-state index is -1.21. The largest absolute Gasteiger partial charge is 0.508 e. The van der Waals surface area contributed by atoms with Crippen molar-refractivity contribution in [1.29, 1.82) is 0 Å². The molecule has 3 amide bonds. The highest BCUT2D eigenvalue weighted by Crippen LogP contribution is 2.27. The zero-order chi connectivity index (χ0) is 33.4. The Labute approximate surface area is 261 Å². The Morgan fingerprint density at radius 2 is 1.45 bits per heavy atom. The van der Waals surface area contributed by atoms with Crippen LogP contribution in [-0.2, 0) is 30.3 Å². The smallest absolute Gasteiger partial charge is 0.408 e. The van der Waals surface area contributed by atoms with E-state index >= 15 is 0 Å². The lowest BCUT2D eigenvalue weighted by Gasteiger charge is -2.33. The summed E-state index contributed by atoms with van der Waals surface area (Å²) in [4.78, 5) is 55.4. The van der Waals surface area contributed by atoms with E-state index in [2.05, 4.69) is 10.6 Å². The number of aryl methyl sites for hydroxylation is 1. The van der Waals surface area contributed by atoms with Crippen molar-refractivity contribution < 1.29 is 33.8 Å². The van der Waals surface area contributed by atoms with Gasteiger partial charge in [-0.3, -0.25) is 9.59 Å². The number of nitrogens with zero attached hydrogens (tertiary/aromatic N) is 1. The molecule has 10 heteroatoms. The van der Waals surface area contributed by atoms with Crippen molar-refractivity contribution in [2.45, 2.75) is 104 Å². The molecule has 3 atom stereocenters. The predicted octanol–water partition coefficient (Wildman–Crippen LogP) is 5.21. The number of ether oxygens (including phenoxy) is 2. The van der Waals surface area contributed by atoms with Crippen LogP contribution in [0.3, 0.4) is 0 Å². The fourth-order valence-electron chi connectivity index (χ4n) is 4.58. The van der Waals surface area contributed by atoms with E-state index in [1.54, 1.807) is 60.6 Å². The fourth-order valence-corrected chi connectivity index (χ4v) is 4.58. The molecule has 0 aliphatic rings. The summed E-state index contributed by atoms with van der Waals surface area (Å²) in [5.41, 5.74) is 0.150. The molecule has 0 heterocycles. The van der Waals surface area contributed by atoms with Gasteiger partial charge in [0, 0.05) is 13.5 Å². The number of hydrogen-bond acceptors (Lipinski definition) is 7. The van der Waals surface area contributed by atoms with E-state index in [1.165, 1.54) is 18.0 Å². The van der Waals surface area contributed by atoms with Gasteiger partial charge < -0.3 is 30.1 Å². The molecule has 2 aromatic rings. The molecule has 0 fully saturated rings. The number of amides is 3. The second-order valence-electron chi connectivity index (χ2n) is 13.5. The number of esters is 1. The topological polar surface area (TPSA) is 134 Å².